The molecule has 1 aliphatic rings. The first kappa shape index (κ1) is 13.7. The topological polar surface area (TPSA) is 29.9 Å². The molecule has 1 aromatic rings. The molecule has 0 saturated carbocycles. The van der Waals surface area contributed by atoms with Crippen LogP contribution in [0.25, 0.3) is 0 Å². The predicted molar refractivity (Wildman–Crippen MR) is 73.7 cm³/mol. The summed E-state index contributed by atoms with van der Waals surface area (Å²) in [6, 6.07) is 0. The summed E-state index contributed by atoms with van der Waals surface area (Å²) in [5, 5.41) is 9.64. The zero-order valence-corrected chi connectivity index (χ0v) is 12.4. The fraction of sp³-hybridized carbons (Fsp3) is 0.727. The molecular weight excluding hydrogens is 238 g/mol. The molecule has 3 nitrogen and oxygen atoms in total. The van der Waals surface area contributed by atoms with Gasteiger partial charge in [0.05, 0.1) is 0 Å². The second kappa shape index (κ2) is 4.90. The average Bonchev–Trinajstić information content (AvgIpc) is 2.37. The highest BCUT2D eigenvalue weighted by molar-refractivity contribution is 6.88. The second-order valence-electron chi connectivity index (χ2n) is 5.40. The Labute approximate surface area is 105 Å². The lowest BCUT2D eigenvalue weighted by molar-refractivity contribution is 0.669. The summed E-state index contributed by atoms with van der Waals surface area (Å²) in [6.07, 6.45) is 2.28. The highest BCUT2D eigenvalue weighted by Gasteiger charge is 2.27. The molecule has 2 heterocycles. The lowest BCUT2D eigenvalue weighted by atomic mass is 10.1. The zero-order chi connectivity index (χ0) is 11.1. The van der Waals surface area contributed by atoms with Gasteiger partial charge in [0, 0.05) is 31.0 Å². The van der Waals surface area contributed by atoms with Gasteiger partial charge in [0.15, 0.2) is 0 Å². The van der Waals surface area contributed by atoms with Gasteiger partial charge in [-0.2, -0.15) is 5.10 Å². The van der Waals surface area contributed by atoms with Crippen LogP contribution < -0.4 is 10.6 Å². The molecule has 0 fully saturated rings. The Balaban J connectivity index is 0.00000128. The number of hydrogen-bond donors (Lipinski definition) is 1. The van der Waals surface area contributed by atoms with Crippen LogP contribution in [-0.4, -0.2) is 30.9 Å². The molecule has 1 aromatic heterocycles. The predicted octanol–water partition coefficient (Wildman–Crippen LogP) is 1.08. The third-order valence-corrected chi connectivity index (χ3v) is 4.90. The maximum absolute atomic E-state index is 4.76. The summed E-state index contributed by atoms with van der Waals surface area (Å²) >= 11 is 0. The molecule has 1 N–H and O–H groups in total. The molecule has 5 heteroatoms. The number of nitrogens with one attached hydrogen (secondary N) is 1. The molecule has 1 aliphatic heterocycles. The van der Waals surface area contributed by atoms with E-state index < -0.39 is 8.07 Å². The van der Waals surface area contributed by atoms with Gasteiger partial charge in [0.1, 0.15) is 8.07 Å². The van der Waals surface area contributed by atoms with E-state index in [4.69, 9.17) is 5.10 Å². The van der Waals surface area contributed by atoms with Crippen molar-refractivity contribution in [1.29, 1.82) is 0 Å². The fourth-order valence-corrected chi connectivity index (χ4v) is 3.95. The Bertz CT molecular complexity index is 368. The first-order valence-corrected chi connectivity index (χ1v) is 9.26. The van der Waals surface area contributed by atoms with E-state index in [1.807, 2.05) is 0 Å². The van der Waals surface area contributed by atoms with Gasteiger partial charge < -0.3 is 5.32 Å². The maximum Gasteiger partial charge on any atom is 0.104 e. The van der Waals surface area contributed by atoms with Gasteiger partial charge in [-0.15, -0.1) is 12.4 Å². The van der Waals surface area contributed by atoms with E-state index in [0.29, 0.717) is 0 Å². The van der Waals surface area contributed by atoms with Crippen LogP contribution in [0.5, 0.6) is 0 Å². The van der Waals surface area contributed by atoms with E-state index in [2.05, 4.69) is 36.7 Å². The molecule has 0 saturated heterocycles. The van der Waals surface area contributed by atoms with Crippen LogP contribution in [0.4, 0.5) is 0 Å². The van der Waals surface area contributed by atoms with Crippen molar-refractivity contribution >= 4 is 25.8 Å². The number of fused-ring (bicyclic) bond motifs is 1. The second-order valence-corrected chi connectivity index (χ2v) is 10.4. The van der Waals surface area contributed by atoms with Crippen molar-refractivity contribution < 1.29 is 0 Å². The zero-order valence-electron chi connectivity index (χ0n) is 10.6. The molecule has 0 amide bonds. The largest absolute Gasteiger partial charge is 0.316 e. The van der Waals surface area contributed by atoms with Gasteiger partial charge in [0.25, 0.3) is 0 Å². The number of nitrogens with zero attached hydrogens (tertiary/aromatic N) is 2. The molecule has 0 atom stereocenters. The van der Waals surface area contributed by atoms with E-state index in [9.17, 15) is 0 Å². The summed E-state index contributed by atoms with van der Waals surface area (Å²) in [5.74, 6) is 0. The van der Waals surface area contributed by atoms with E-state index in [0.717, 1.165) is 25.9 Å². The smallest absolute Gasteiger partial charge is 0.104 e. The Hall–Kier alpha value is -0.323. The summed E-state index contributed by atoms with van der Waals surface area (Å²) in [5.41, 5.74) is 3.00. The fourth-order valence-electron chi connectivity index (χ4n) is 2.33. The summed E-state index contributed by atoms with van der Waals surface area (Å²) in [6.45, 7) is 9.35. The molecule has 0 unspecified atom stereocenters. The van der Waals surface area contributed by atoms with Crippen molar-refractivity contribution in [3.63, 3.8) is 0 Å². The molecule has 2 rings (SSSR count). The number of aryl methyl sites for hydroxylation is 1. The SMILES string of the molecule is Cl.Cn1nc([Si](C)(C)C)c2c1CCNCC2. The van der Waals surface area contributed by atoms with Crippen LogP contribution in [0.3, 0.4) is 0 Å². The van der Waals surface area contributed by atoms with Crippen LogP contribution in [0.1, 0.15) is 11.3 Å². The van der Waals surface area contributed by atoms with Gasteiger partial charge in [-0.3, -0.25) is 4.68 Å². The van der Waals surface area contributed by atoms with Crippen molar-refractivity contribution in [1.82, 2.24) is 15.1 Å². The average molecular weight is 260 g/mol. The van der Waals surface area contributed by atoms with Gasteiger partial charge in [0.2, 0.25) is 0 Å². The third-order valence-electron chi connectivity index (χ3n) is 3.08. The quantitative estimate of drug-likeness (QED) is 0.765. The van der Waals surface area contributed by atoms with Crippen molar-refractivity contribution in [3.05, 3.63) is 11.3 Å². The van der Waals surface area contributed by atoms with Crippen molar-refractivity contribution in [2.45, 2.75) is 32.5 Å². The van der Waals surface area contributed by atoms with Gasteiger partial charge in [-0.1, -0.05) is 19.6 Å². The Kier molecular flexibility index (Phi) is 4.21. The number of rotatable bonds is 1. The normalized spacial score (nSPS) is 16.2. The molecule has 92 valence electrons. The molecular formula is C11H22ClN3Si. The third kappa shape index (κ3) is 2.50. The Morgan fingerprint density at radius 3 is 2.44 bits per heavy atom. The number of halogens is 1. The van der Waals surface area contributed by atoms with Crippen LogP contribution in [-0.2, 0) is 19.9 Å². The minimum absolute atomic E-state index is 0. The van der Waals surface area contributed by atoms with Gasteiger partial charge in [-0.25, -0.2) is 0 Å². The Morgan fingerprint density at radius 1 is 1.19 bits per heavy atom. The van der Waals surface area contributed by atoms with Gasteiger partial charge >= 0.3 is 0 Å². The standard InChI is InChI=1S/C11H21N3Si.ClH/c1-14-10-6-8-12-7-5-9(10)11(13-14)15(2,3)4;/h12H,5-8H2,1-4H3;1H. The van der Waals surface area contributed by atoms with E-state index in [1.54, 1.807) is 5.56 Å². The lowest BCUT2D eigenvalue weighted by Gasteiger charge is -2.14. The molecule has 0 aliphatic carbocycles. The van der Waals surface area contributed by atoms with Crippen molar-refractivity contribution in [2.75, 3.05) is 13.1 Å². The molecule has 0 spiro atoms. The van der Waals surface area contributed by atoms with Gasteiger partial charge in [-0.05, 0) is 18.5 Å². The monoisotopic (exact) mass is 259 g/mol. The highest BCUT2D eigenvalue weighted by atomic mass is 35.5. The maximum atomic E-state index is 4.76. The van der Waals surface area contributed by atoms with Crippen LogP contribution in [0, 0.1) is 0 Å². The first-order chi connectivity index (χ1) is 7.00. The summed E-state index contributed by atoms with van der Waals surface area (Å²) < 4.78 is 2.11. The summed E-state index contributed by atoms with van der Waals surface area (Å²) in [4.78, 5) is 0. The molecule has 16 heavy (non-hydrogen) atoms. The van der Waals surface area contributed by atoms with Crippen LogP contribution in [0.15, 0.2) is 0 Å². The van der Waals surface area contributed by atoms with E-state index >= 15 is 0 Å². The van der Waals surface area contributed by atoms with Crippen LogP contribution >= 0.6 is 12.4 Å². The molecule has 0 aromatic carbocycles. The van der Waals surface area contributed by atoms with Crippen LogP contribution in [0.2, 0.25) is 19.6 Å². The molecule has 0 bridgehead atoms. The number of aromatic nitrogens is 2. The molecule has 0 radical (unpaired) electrons. The first-order valence-electron chi connectivity index (χ1n) is 5.76. The minimum atomic E-state index is -1.27. The Morgan fingerprint density at radius 2 is 1.81 bits per heavy atom. The summed E-state index contributed by atoms with van der Waals surface area (Å²) in [7, 11) is 0.817. The lowest BCUT2D eigenvalue weighted by Crippen LogP contribution is -2.41. The van der Waals surface area contributed by atoms with E-state index in [1.165, 1.54) is 11.0 Å². The van der Waals surface area contributed by atoms with E-state index in [-0.39, 0.29) is 12.4 Å². The number of hydrogen-bond acceptors (Lipinski definition) is 2. The van der Waals surface area contributed by atoms with Crippen molar-refractivity contribution in [3.8, 4) is 0 Å². The minimum Gasteiger partial charge on any atom is -0.316 e. The highest BCUT2D eigenvalue weighted by Crippen LogP contribution is 2.14. The van der Waals surface area contributed by atoms with Crippen molar-refractivity contribution in [2.24, 2.45) is 7.05 Å².